The van der Waals surface area contributed by atoms with Crippen molar-refractivity contribution in [1.82, 2.24) is 15.5 Å². The summed E-state index contributed by atoms with van der Waals surface area (Å²) in [5.74, 6) is 0.863. The Balaban J connectivity index is 1.61. The van der Waals surface area contributed by atoms with Crippen molar-refractivity contribution in [3.05, 3.63) is 52.8 Å². The van der Waals surface area contributed by atoms with Gasteiger partial charge in [-0.3, -0.25) is 9.89 Å². The molecule has 0 unspecified atom stereocenters. The maximum atomic E-state index is 12.6. The Morgan fingerprint density at radius 1 is 1.19 bits per heavy atom. The van der Waals surface area contributed by atoms with Crippen LogP contribution < -0.4 is 5.32 Å². The number of nitrogens with one attached hydrogen (secondary N) is 2. The largest absolute Gasteiger partial charge is 0.349 e. The molecule has 1 aromatic heterocycles. The first-order valence-electron chi connectivity index (χ1n) is 9.98. The van der Waals surface area contributed by atoms with E-state index in [1.54, 1.807) is 0 Å². The lowest BCUT2D eigenvalue weighted by Gasteiger charge is -2.27. The average Bonchev–Trinajstić information content (AvgIpc) is 2.99. The van der Waals surface area contributed by atoms with E-state index in [9.17, 15) is 4.79 Å². The van der Waals surface area contributed by atoms with Crippen molar-refractivity contribution in [3.8, 4) is 0 Å². The van der Waals surface area contributed by atoms with E-state index in [4.69, 9.17) is 0 Å². The summed E-state index contributed by atoms with van der Waals surface area (Å²) >= 11 is 0. The summed E-state index contributed by atoms with van der Waals surface area (Å²) in [6.07, 6.45) is 8.93. The lowest BCUT2D eigenvalue weighted by atomic mass is 9.83. The van der Waals surface area contributed by atoms with E-state index in [0.29, 0.717) is 6.42 Å². The highest BCUT2D eigenvalue weighted by molar-refractivity contribution is 5.76. The van der Waals surface area contributed by atoms with Crippen LogP contribution in [0.1, 0.15) is 73.5 Å². The van der Waals surface area contributed by atoms with E-state index in [0.717, 1.165) is 30.1 Å². The Labute approximate surface area is 156 Å². The van der Waals surface area contributed by atoms with Gasteiger partial charge in [-0.2, -0.15) is 5.10 Å². The van der Waals surface area contributed by atoms with Crippen LogP contribution in [0.4, 0.5) is 0 Å². The van der Waals surface area contributed by atoms with Gasteiger partial charge in [-0.1, -0.05) is 62.4 Å². The minimum absolute atomic E-state index is 0.123. The number of aromatic nitrogens is 2. The van der Waals surface area contributed by atoms with Crippen LogP contribution >= 0.6 is 0 Å². The summed E-state index contributed by atoms with van der Waals surface area (Å²) in [6.45, 7) is 4.01. The first-order chi connectivity index (χ1) is 12.6. The molecule has 1 saturated carbocycles. The van der Waals surface area contributed by atoms with Gasteiger partial charge in [-0.15, -0.1) is 0 Å². The molecular formula is C22H31N3O. The third-order valence-electron chi connectivity index (χ3n) is 5.71. The van der Waals surface area contributed by atoms with Gasteiger partial charge in [0.2, 0.25) is 5.91 Å². The van der Waals surface area contributed by atoms with Gasteiger partial charge in [0.15, 0.2) is 0 Å². The molecular weight excluding hydrogens is 322 g/mol. The van der Waals surface area contributed by atoms with Crippen molar-refractivity contribution in [1.29, 1.82) is 0 Å². The van der Waals surface area contributed by atoms with E-state index in [2.05, 4.69) is 39.8 Å². The number of carbonyl (C=O) groups excluding carboxylic acids is 1. The molecule has 0 bridgehead atoms. The Bertz CT molecular complexity index is 682. The van der Waals surface area contributed by atoms with Gasteiger partial charge < -0.3 is 5.32 Å². The van der Waals surface area contributed by atoms with Gasteiger partial charge in [0, 0.05) is 12.1 Å². The summed E-state index contributed by atoms with van der Waals surface area (Å²) in [7, 11) is 0. The van der Waals surface area contributed by atoms with Gasteiger partial charge in [-0.05, 0) is 43.7 Å². The molecule has 1 heterocycles. The molecule has 0 aliphatic heterocycles. The first kappa shape index (κ1) is 18.7. The molecule has 140 valence electrons. The Morgan fingerprint density at radius 2 is 1.92 bits per heavy atom. The van der Waals surface area contributed by atoms with Gasteiger partial charge in [0.1, 0.15) is 0 Å². The fourth-order valence-corrected chi connectivity index (χ4v) is 4.17. The molecule has 1 aliphatic carbocycles. The van der Waals surface area contributed by atoms with E-state index in [1.165, 1.54) is 43.2 Å². The fourth-order valence-electron chi connectivity index (χ4n) is 4.17. The zero-order valence-electron chi connectivity index (χ0n) is 16.1. The molecule has 1 fully saturated rings. The van der Waals surface area contributed by atoms with Gasteiger partial charge >= 0.3 is 0 Å². The van der Waals surface area contributed by atoms with Crippen molar-refractivity contribution in [3.63, 3.8) is 0 Å². The highest BCUT2D eigenvalue weighted by atomic mass is 16.1. The molecule has 1 aliphatic rings. The molecule has 0 spiro atoms. The van der Waals surface area contributed by atoms with E-state index in [-0.39, 0.29) is 11.9 Å². The van der Waals surface area contributed by atoms with Crippen molar-refractivity contribution < 1.29 is 4.79 Å². The quantitative estimate of drug-likeness (QED) is 0.752. The van der Waals surface area contributed by atoms with Gasteiger partial charge in [0.25, 0.3) is 0 Å². The molecule has 1 aromatic carbocycles. The second-order valence-electron chi connectivity index (χ2n) is 7.68. The van der Waals surface area contributed by atoms with Crippen LogP contribution in [0.3, 0.4) is 0 Å². The molecule has 0 radical (unpaired) electrons. The molecule has 2 N–H and O–H groups in total. The lowest BCUT2D eigenvalue weighted by molar-refractivity contribution is -0.122. The number of nitrogens with zero attached hydrogens (tertiary/aromatic N) is 1. The number of H-pyrrole nitrogens is 1. The van der Waals surface area contributed by atoms with Crippen LogP contribution in [0.15, 0.2) is 30.3 Å². The number of carbonyl (C=O) groups is 1. The summed E-state index contributed by atoms with van der Waals surface area (Å²) in [4.78, 5) is 12.6. The highest BCUT2D eigenvalue weighted by Gasteiger charge is 2.22. The van der Waals surface area contributed by atoms with Crippen molar-refractivity contribution in [2.24, 2.45) is 5.92 Å². The van der Waals surface area contributed by atoms with E-state index in [1.807, 2.05) is 19.9 Å². The van der Waals surface area contributed by atoms with Crippen molar-refractivity contribution in [2.75, 3.05) is 0 Å². The SMILES string of the molecule is Cc1n[nH]c(C)c1CCC(=O)N[C@@H](CC1CCCCC1)c1ccccc1. The molecule has 1 atom stereocenters. The number of benzene rings is 1. The number of hydrogen-bond acceptors (Lipinski definition) is 2. The number of rotatable bonds is 7. The Kier molecular flexibility index (Phi) is 6.48. The standard InChI is InChI=1S/C22H31N3O/c1-16-20(17(2)25-24-16)13-14-22(26)23-21(19-11-7-4-8-12-19)15-18-9-5-3-6-10-18/h4,7-8,11-12,18,21H,3,5-6,9-10,13-15H2,1-2H3,(H,23,26)(H,24,25)/t21-/m0/s1. The smallest absolute Gasteiger partial charge is 0.220 e. The number of amides is 1. The molecule has 1 amide bonds. The zero-order valence-corrected chi connectivity index (χ0v) is 16.1. The lowest BCUT2D eigenvalue weighted by Crippen LogP contribution is -2.30. The number of aryl methyl sites for hydroxylation is 2. The topological polar surface area (TPSA) is 57.8 Å². The summed E-state index contributed by atoms with van der Waals surface area (Å²) < 4.78 is 0. The molecule has 3 rings (SSSR count). The maximum Gasteiger partial charge on any atom is 0.220 e. The monoisotopic (exact) mass is 353 g/mol. The highest BCUT2D eigenvalue weighted by Crippen LogP contribution is 2.32. The molecule has 4 heteroatoms. The molecule has 2 aromatic rings. The minimum Gasteiger partial charge on any atom is -0.349 e. The average molecular weight is 354 g/mol. The maximum absolute atomic E-state index is 12.6. The second-order valence-corrected chi connectivity index (χ2v) is 7.68. The first-order valence-corrected chi connectivity index (χ1v) is 9.98. The van der Waals surface area contributed by atoms with Crippen molar-refractivity contribution >= 4 is 5.91 Å². The third kappa shape index (κ3) is 4.96. The second kappa shape index (κ2) is 9.02. The van der Waals surface area contributed by atoms with Crippen molar-refractivity contribution in [2.45, 2.75) is 71.3 Å². The van der Waals surface area contributed by atoms with E-state index >= 15 is 0 Å². The van der Waals surface area contributed by atoms with Crippen LogP contribution in [0.25, 0.3) is 0 Å². The Hall–Kier alpha value is -2.10. The van der Waals surface area contributed by atoms with E-state index < -0.39 is 0 Å². The van der Waals surface area contributed by atoms with Crippen LogP contribution in [-0.4, -0.2) is 16.1 Å². The van der Waals surface area contributed by atoms with Crippen LogP contribution in [0.2, 0.25) is 0 Å². The minimum atomic E-state index is 0.123. The summed E-state index contributed by atoms with van der Waals surface area (Å²) in [5.41, 5.74) is 4.46. The third-order valence-corrected chi connectivity index (χ3v) is 5.71. The summed E-state index contributed by atoms with van der Waals surface area (Å²) in [5, 5.41) is 10.5. The molecule has 0 saturated heterocycles. The van der Waals surface area contributed by atoms with Crippen LogP contribution in [0, 0.1) is 19.8 Å². The zero-order chi connectivity index (χ0) is 18.4. The van der Waals surface area contributed by atoms with Gasteiger partial charge in [-0.25, -0.2) is 0 Å². The normalized spacial score (nSPS) is 16.4. The Morgan fingerprint density at radius 3 is 2.58 bits per heavy atom. The summed E-state index contributed by atoms with van der Waals surface area (Å²) in [6, 6.07) is 10.6. The fraction of sp³-hybridized carbons (Fsp3) is 0.545. The van der Waals surface area contributed by atoms with Crippen LogP contribution in [-0.2, 0) is 11.2 Å². The van der Waals surface area contributed by atoms with Gasteiger partial charge in [0.05, 0.1) is 11.7 Å². The number of hydrogen-bond donors (Lipinski definition) is 2. The number of aromatic amines is 1. The molecule has 26 heavy (non-hydrogen) atoms. The predicted molar refractivity (Wildman–Crippen MR) is 105 cm³/mol. The predicted octanol–water partition coefficient (Wildman–Crippen LogP) is 4.79. The van der Waals surface area contributed by atoms with Crippen LogP contribution in [0.5, 0.6) is 0 Å². The molecule has 4 nitrogen and oxygen atoms in total.